The van der Waals surface area contributed by atoms with Crippen LogP contribution >= 0.6 is 11.6 Å². The van der Waals surface area contributed by atoms with Crippen LogP contribution in [0.25, 0.3) is 11.4 Å². The molecule has 1 heterocycles. The molecule has 0 radical (unpaired) electrons. The molecule has 0 bridgehead atoms. The maximum Gasteiger partial charge on any atom is 0.400 e. The van der Waals surface area contributed by atoms with Crippen molar-refractivity contribution in [3.63, 3.8) is 0 Å². The first-order valence-electron chi connectivity index (χ1n) is 9.21. The molecule has 0 spiro atoms. The average molecular weight is 463 g/mol. The van der Waals surface area contributed by atoms with E-state index >= 15 is 0 Å². The molecule has 0 aliphatic rings. The van der Waals surface area contributed by atoms with Gasteiger partial charge in [0, 0.05) is 24.8 Å². The lowest BCUT2D eigenvalue weighted by Crippen LogP contribution is -2.40. The summed E-state index contributed by atoms with van der Waals surface area (Å²) in [6, 6.07) is 12.0. The van der Waals surface area contributed by atoms with Crippen LogP contribution in [0, 0.1) is 5.82 Å². The van der Waals surface area contributed by atoms with E-state index in [0.29, 0.717) is 11.3 Å². The van der Waals surface area contributed by atoms with Crippen LogP contribution in [0.3, 0.4) is 0 Å². The van der Waals surface area contributed by atoms with Gasteiger partial charge in [-0.05, 0) is 41.4 Å². The molecule has 0 aliphatic heterocycles. The number of nitrogens with one attached hydrogen (secondary N) is 1. The van der Waals surface area contributed by atoms with Gasteiger partial charge in [-0.1, -0.05) is 29.4 Å². The minimum absolute atomic E-state index is 0.0477. The van der Waals surface area contributed by atoms with Crippen LogP contribution < -0.4 is 21.1 Å². The Morgan fingerprint density at radius 2 is 1.72 bits per heavy atom. The third-order valence-corrected chi connectivity index (χ3v) is 4.84. The summed E-state index contributed by atoms with van der Waals surface area (Å²) in [7, 11) is 1.65. The van der Waals surface area contributed by atoms with Crippen molar-refractivity contribution in [3.05, 3.63) is 86.2 Å². The number of alkyl halides is 3. The highest BCUT2D eigenvalue weighted by atomic mass is 35.5. The highest BCUT2D eigenvalue weighted by molar-refractivity contribution is 6.21. The summed E-state index contributed by atoms with van der Waals surface area (Å²) in [6.45, 7) is 0.278. The van der Waals surface area contributed by atoms with Crippen molar-refractivity contribution in [1.29, 1.82) is 0 Å². The molecule has 7 nitrogen and oxygen atoms in total. The summed E-state index contributed by atoms with van der Waals surface area (Å²) in [5.74, 6) is -1.47. The van der Waals surface area contributed by atoms with E-state index in [4.69, 9.17) is 11.6 Å². The van der Waals surface area contributed by atoms with Crippen molar-refractivity contribution in [2.45, 2.75) is 11.9 Å². The summed E-state index contributed by atoms with van der Waals surface area (Å²) >= 11 is 4.87. The molecule has 11 heteroatoms. The van der Waals surface area contributed by atoms with Gasteiger partial charge in [0.15, 0.2) is 0 Å². The van der Waals surface area contributed by atoms with E-state index in [0.717, 1.165) is 5.56 Å². The molecule has 0 unspecified atom stereocenters. The van der Waals surface area contributed by atoms with E-state index in [2.05, 4.69) is 20.0 Å². The van der Waals surface area contributed by atoms with Gasteiger partial charge in [-0.2, -0.15) is 13.8 Å². The molecular formula is C21H14ClF3N4O3. The fourth-order valence-electron chi connectivity index (χ4n) is 3.11. The van der Waals surface area contributed by atoms with Gasteiger partial charge in [-0.3, -0.25) is 9.59 Å². The number of hydrogen-bond donors (Lipinski definition) is 1. The Kier molecular flexibility index (Phi) is 5.47. The normalized spacial score (nSPS) is 11.7. The third-order valence-electron chi connectivity index (χ3n) is 4.68. The Hall–Kier alpha value is -3.66. The Bertz CT molecular complexity index is 1320. The molecule has 0 aliphatic carbocycles. The predicted octanol–water partition coefficient (Wildman–Crippen LogP) is 4.14. The third kappa shape index (κ3) is 4.22. The molecule has 0 amide bonds. The van der Waals surface area contributed by atoms with Crippen molar-refractivity contribution in [2.75, 3.05) is 17.3 Å². The number of hydrogen-bond acceptors (Lipinski definition) is 7. The largest absolute Gasteiger partial charge is 0.400 e. The number of aromatic nitrogens is 2. The van der Waals surface area contributed by atoms with Crippen LogP contribution in [0.1, 0.15) is 11.5 Å². The molecule has 1 aromatic heterocycles. The number of rotatable bonds is 7. The quantitative estimate of drug-likeness (QED) is 0.326. The van der Waals surface area contributed by atoms with E-state index in [-0.39, 0.29) is 23.7 Å². The highest BCUT2D eigenvalue weighted by Crippen LogP contribution is 2.32. The zero-order valence-corrected chi connectivity index (χ0v) is 17.2. The molecule has 0 fully saturated rings. The molecular weight excluding hydrogens is 449 g/mol. The zero-order chi connectivity index (χ0) is 23.0. The van der Waals surface area contributed by atoms with Crippen molar-refractivity contribution >= 4 is 28.7 Å². The monoisotopic (exact) mass is 462 g/mol. The Morgan fingerprint density at radius 1 is 1.06 bits per heavy atom. The fraction of sp³-hybridized carbons (Fsp3) is 0.143. The minimum Gasteiger partial charge on any atom is -0.365 e. The summed E-state index contributed by atoms with van der Waals surface area (Å²) in [5, 5.41) is 2.58. The maximum atomic E-state index is 13.1. The molecule has 0 saturated carbocycles. The van der Waals surface area contributed by atoms with Crippen molar-refractivity contribution < 1.29 is 17.7 Å². The van der Waals surface area contributed by atoms with Gasteiger partial charge in [0.2, 0.25) is 5.82 Å². The number of anilines is 3. The lowest BCUT2D eigenvalue weighted by molar-refractivity contribution is 0.0551. The summed E-state index contributed by atoms with van der Waals surface area (Å²) < 4.78 is 43.6. The van der Waals surface area contributed by atoms with Crippen LogP contribution in [0.2, 0.25) is 0 Å². The summed E-state index contributed by atoms with van der Waals surface area (Å²) in [4.78, 5) is 29.3. The standard InChI is InChI=1S/C21H14ClF3N4O3/c1-29(16-15(17(30)18(16)31)26-14-8-6-13(23)7-9-14)10-11-2-4-12(5-3-11)19-27-20(32-28-19)21(22,24)25/h2-9,26H,10H2,1H3. The van der Waals surface area contributed by atoms with E-state index in [1.165, 1.54) is 24.3 Å². The van der Waals surface area contributed by atoms with Gasteiger partial charge < -0.3 is 14.7 Å². The van der Waals surface area contributed by atoms with Crippen LogP contribution in [0.15, 0.2) is 62.6 Å². The maximum absolute atomic E-state index is 13.1. The van der Waals surface area contributed by atoms with E-state index in [1.807, 2.05) is 0 Å². The van der Waals surface area contributed by atoms with E-state index < -0.39 is 27.9 Å². The van der Waals surface area contributed by atoms with Gasteiger partial charge in [-0.15, -0.1) is 0 Å². The first kappa shape index (κ1) is 21.6. The van der Waals surface area contributed by atoms with Crippen molar-refractivity contribution in [3.8, 4) is 11.4 Å². The molecule has 32 heavy (non-hydrogen) atoms. The molecule has 3 aromatic carbocycles. The van der Waals surface area contributed by atoms with Gasteiger partial charge in [0.1, 0.15) is 17.2 Å². The zero-order valence-electron chi connectivity index (χ0n) is 16.4. The topological polar surface area (TPSA) is 88.3 Å². The van der Waals surface area contributed by atoms with Crippen LogP contribution in [0.4, 0.5) is 30.2 Å². The Labute approximate surface area is 183 Å². The fourth-order valence-corrected chi connectivity index (χ4v) is 3.18. The Morgan fingerprint density at radius 3 is 2.31 bits per heavy atom. The van der Waals surface area contributed by atoms with E-state index in [1.54, 1.807) is 36.2 Å². The average Bonchev–Trinajstić information content (AvgIpc) is 3.26. The first-order valence-corrected chi connectivity index (χ1v) is 9.58. The van der Waals surface area contributed by atoms with Crippen LogP contribution in [-0.4, -0.2) is 17.2 Å². The highest BCUT2D eigenvalue weighted by Gasteiger charge is 2.35. The lowest BCUT2D eigenvalue weighted by atomic mass is 10.1. The Balaban J connectivity index is 1.49. The second kappa shape index (κ2) is 8.12. The van der Waals surface area contributed by atoms with Crippen LogP contribution in [0.5, 0.6) is 0 Å². The summed E-state index contributed by atoms with van der Waals surface area (Å²) in [5.41, 5.74) is 0.714. The van der Waals surface area contributed by atoms with Gasteiger partial charge >= 0.3 is 11.3 Å². The van der Waals surface area contributed by atoms with Gasteiger partial charge in [-0.25, -0.2) is 4.39 Å². The van der Waals surface area contributed by atoms with Crippen molar-refractivity contribution in [2.24, 2.45) is 0 Å². The number of benzene rings is 2. The smallest absolute Gasteiger partial charge is 0.365 e. The number of nitrogens with zero attached hydrogens (tertiary/aromatic N) is 3. The molecule has 0 saturated heterocycles. The molecule has 4 aromatic rings. The lowest BCUT2D eigenvalue weighted by Gasteiger charge is -2.23. The summed E-state index contributed by atoms with van der Waals surface area (Å²) in [6.07, 6.45) is 0. The van der Waals surface area contributed by atoms with Gasteiger partial charge in [0.05, 0.1) is 0 Å². The minimum atomic E-state index is -3.76. The van der Waals surface area contributed by atoms with E-state index in [9.17, 15) is 22.8 Å². The first-order chi connectivity index (χ1) is 15.1. The SMILES string of the molecule is CN(Cc1ccc(-c2noc(C(F)(F)Cl)n2)cc1)c1c(Nc2ccc(F)cc2)c(=O)c1=O. The second-order valence-electron chi connectivity index (χ2n) is 6.99. The molecule has 164 valence electrons. The van der Waals surface area contributed by atoms with Crippen LogP contribution in [-0.2, 0) is 11.9 Å². The number of halogens is 4. The van der Waals surface area contributed by atoms with Crippen molar-refractivity contribution in [1.82, 2.24) is 10.1 Å². The predicted molar refractivity (Wildman–Crippen MR) is 113 cm³/mol. The molecule has 0 atom stereocenters. The van der Waals surface area contributed by atoms with Gasteiger partial charge in [0.25, 0.3) is 10.9 Å². The second-order valence-corrected chi connectivity index (χ2v) is 7.46. The molecule has 1 N–H and O–H groups in total. The molecule has 4 rings (SSSR count).